The lowest BCUT2D eigenvalue weighted by molar-refractivity contribution is -0.129. The van der Waals surface area contributed by atoms with Crippen molar-refractivity contribution in [3.63, 3.8) is 0 Å². The van der Waals surface area contributed by atoms with Gasteiger partial charge in [-0.05, 0) is 42.2 Å². The lowest BCUT2D eigenvalue weighted by atomic mass is 9.73. The Hall–Kier alpha value is -3.47. The molecule has 152 valence electrons. The summed E-state index contributed by atoms with van der Waals surface area (Å²) >= 11 is 0. The maximum atomic E-state index is 13.5. The van der Waals surface area contributed by atoms with Crippen molar-refractivity contribution in [1.29, 1.82) is 0 Å². The van der Waals surface area contributed by atoms with E-state index in [1.54, 1.807) is 18.1 Å². The zero-order valence-corrected chi connectivity index (χ0v) is 17.3. The predicted molar refractivity (Wildman–Crippen MR) is 117 cm³/mol. The first-order valence-electron chi connectivity index (χ1n) is 10.1. The van der Waals surface area contributed by atoms with Crippen LogP contribution in [0.5, 0.6) is 0 Å². The van der Waals surface area contributed by atoms with Crippen molar-refractivity contribution in [3.05, 3.63) is 95.3 Å². The molecule has 0 fully saturated rings. The van der Waals surface area contributed by atoms with Crippen molar-refractivity contribution in [2.75, 3.05) is 11.9 Å². The van der Waals surface area contributed by atoms with Crippen LogP contribution in [0.25, 0.3) is 0 Å². The molecular formula is C25H25N3O2. The SMILES string of the molecule is Cc1cccnc1CNC(=O)C[C@]1(Cc2ccccc2)C(=O)N(C)c2ccccc21. The molecule has 0 unspecified atom stereocenters. The Labute approximate surface area is 176 Å². The van der Waals surface area contributed by atoms with Gasteiger partial charge in [0.1, 0.15) is 0 Å². The summed E-state index contributed by atoms with van der Waals surface area (Å²) in [5.74, 6) is -0.203. The quantitative estimate of drug-likeness (QED) is 0.689. The van der Waals surface area contributed by atoms with Crippen LogP contribution >= 0.6 is 0 Å². The van der Waals surface area contributed by atoms with E-state index in [0.29, 0.717) is 13.0 Å². The van der Waals surface area contributed by atoms with Gasteiger partial charge in [-0.3, -0.25) is 14.6 Å². The number of likely N-dealkylation sites (N-methyl/N-ethyl adjacent to an activating group) is 1. The van der Waals surface area contributed by atoms with Crippen LogP contribution in [0.3, 0.4) is 0 Å². The third-order valence-corrected chi connectivity index (χ3v) is 5.88. The summed E-state index contributed by atoms with van der Waals surface area (Å²) < 4.78 is 0. The molecular weight excluding hydrogens is 374 g/mol. The van der Waals surface area contributed by atoms with E-state index in [9.17, 15) is 9.59 Å². The molecule has 4 rings (SSSR count). The number of carbonyl (C=O) groups is 2. The third-order valence-electron chi connectivity index (χ3n) is 5.88. The molecule has 0 spiro atoms. The molecule has 1 aliphatic rings. The van der Waals surface area contributed by atoms with Gasteiger partial charge >= 0.3 is 0 Å². The summed E-state index contributed by atoms with van der Waals surface area (Å²) in [6.07, 6.45) is 2.29. The highest BCUT2D eigenvalue weighted by Crippen LogP contribution is 2.45. The number of nitrogens with zero attached hydrogens (tertiary/aromatic N) is 2. The lowest BCUT2D eigenvalue weighted by Gasteiger charge is -2.28. The highest BCUT2D eigenvalue weighted by atomic mass is 16.2. The first kappa shape index (κ1) is 19.8. The Balaban J connectivity index is 1.64. The molecule has 1 aromatic heterocycles. The molecule has 2 aromatic carbocycles. The molecule has 5 nitrogen and oxygen atoms in total. The van der Waals surface area contributed by atoms with Crippen molar-refractivity contribution >= 4 is 17.5 Å². The highest BCUT2D eigenvalue weighted by molar-refractivity contribution is 6.09. The van der Waals surface area contributed by atoms with E-state index in [-0.39, 0.29) is 18.2 Å². The van der Waals surface area contributed by atoms with Crippen LogP contribution in [-0.4, -0.2) is 23.8 Å². The van der Waals surface area contributed by atoms with E-state index in [2.05, 4.69) is 10.3 Å². The number of benzene rings is 2. The molecule has 5 heteroatoms. The third kappa shape index (κ3) is 3.59. The number of aromatic nitrogens is 1. The molecule has 0 bridgehead atoms. The van der Waals surface area contributed by atoms with E-state index in [4.69, 9.17) is 0 Å². The lowest BCUT2D eigenvalue weighted by Crippen LogP contribution is -2.44. The van der Waals surface area contributed by atoms with Gasteiger partial charge < -0.3 is 10.2 Å². The molecule has 0 saturated carbocycles. The molecule has 0 radical (unpaired) electrons. The summed E-state index contributed by atoms with van der Waals surface area (Å²) in [6.45, 7) is 2.32. The molecule has 2 amide bonds. The number of rotatable bonds is 6. The number of hydrogen-bond acceptors (Lipinski definition) is 3. The standard InChI is InChI=1S/C25H25N3O2/c1-18-9-8-14-26-21(18)17-27-23(29)16-25(15-19-10-4-3-5-11-19)20-12-6-7-13-22(20)28(2)24(25)30/h3-14H,15-17H2,1-2H3,(H,27,29)/t25-/m0/s1. The second-order valence-electron chi connectivity index (χ2n) is 7.85. The fourth-order valence-electron chi connectivity index (χ4n) is 4.29. The van der Waals surface area contributed by atoms with Gasteiger partial charge in [0.2, 0.25) is 11.8 Å². The monoisotopic (exact) mass is 399 g/mol. The minimum absolute atomic E-state index is 0.0447. The minimum Gasteiger partial charge on any atom is -0.350 e. The second kappa shape index (κ2) is 8.11. The summed E-state index contributed by atoms with van der Waals surface area (Å²) in [6, 6.07) is 21.5. The van der Waals surface area contributed by atoms with Gasteiger partial charge in [-0.2, -0.15) is 0 Å². The topological polar surface area (TPSA) is 62.3 Å². The van der Waals surface area contributed by atoms with Gasteiger partial charge in [0.15, 0.2) is 0 Å². The molecule has 0 aliphatic carbocycles. The van der Waals surface area contributed by atoms with Crippen LogP contribution in [-0.2, 0) is 28.0 Å². The fourth-order valence-corrected chi connectivity index (χ4v) is 4.29. The number of aryl methyl sites for hydroxylation is 1. The smallest absolute Gasteiger partial charge is 0.238 e. The number of anilines is 1. The van der Waals surface area contributed by atoms with E-state index in [0.717, 1.165) is 28.1 Å². The average molecular weight is 399 g/mol. The minimum atomic E-state index is -0.921. The van der Waals surface area contributed by atoms with Crippen molar-refractivity contribution in [3.8, 4) is 0 Å². The van der Waals surface area contributed by atoms with Crippen LogP contribution in [0.2, 0.25) is 0 Å². The van der Waals surface area contributed by atoms with E-state index < -0.39 is 5.41 Å². The molecule has 1 aliphatic heterocycles. The number of fused-ring (bicyclic) bond motifs is 1. The maximum Gasteiger partial charge on any atom is 0.238 e. The Morgan fingerprint density at radius 1 is 1.03 bits per heavy atom. The number of carbonyl (C=O) groups excluding carboxylic acids is 2. The van der Waals surface area contributed by atoms with Crippen LogP contribution in [0.4, 0.5) is 5.69 Å². The molecule has 2 heterocycles. The Morgan fingerprint density at radius 3 is 2.53 bits per heavy atom. The molecule has 3 aromatic rings. The van der Waals surface area contributed by atoms with Crippen LogP contribution < -0.4 is 10.2 Å². The van der Waals surface area contributed by atoms with Gasteiger partial charge in [0.05, 0.1) is 17.7 Å². The average Bonchev–Trinajstić information content (AvgIpc) is 2.96. The van der Waals surface area contributed by atoms with Crippen LogP contribution in [0.15, 0.2) is 72.9 Å². The molecule has 30 heavy (non-hydrogen) atoms. The number of hydrogen-bond donors (Lipinski definition) is 1. The van der Waals surface area contributed by atoms with Crippen molar-refractivity contribution < 1.29 is 9.59 Å². The van der Waals surface area contributed by atoms with E-state index >= 15 is 0 Å². The van der Waals surface area contributed by atoms with Gasteiger partial charge in [-0.15, -0.1) is 0 Å². The number of amides is 2. The van der Waals surface area contributed by atoms with Crippen molar-refractivity contribution in [2.45, 2.75) is 31.7 Å². The Morgan fingerprint density at radius 2 is 1.77 bits per heavy atom. The highest BCUT2D eigenvalue weighted by Gasteiger charge is 2.50. The van der Waals surface area contributed by atoms with Crippen molar-refractivity contribution in [2.24, 2.45) is 0 Å². The van der Waals surface area contributed by atoms with Gasteiger partial charge in [-0.25, -0.2) is 0 Å². The molecule has 1 N–H and O–H groups in total. The molecule has 0 saturated heterocycles. The van der Waals surface area contributed by atoms with Gasteiger partial charge in [0, 0.05) is 25.4 Å². The zero-order valence-electron chi connectivity index (χ0n) is 17.3. The second-order valence-corrected chi connectivity index (χ2v) is 7.85. The zero-order chi connectivity index (χ0) is 21.1. The Bertz CT molecular complexity index is 1080. The Kier molecular flexibility index (Phi) is 5.36. The largest absolute Gasteiger partial charge is 0.350 e. The number of pyridine rings is 1. The van der Waals surface area contributed by atoms with E-state index in [1.807, 2.05) is 73.7 Å². The molecule has 1 atom stereocenters. The number of nitrogens with one attached hydrogen (secondary N) is 1. The first-order chi connectivity index (χ1) is 14.5. The summed E-state index contributed by atoms with van der Waals surface area (Å²) in [4.78, 5) is 32.5. The summed E-state index contributed by atoms with van der Waals surface area (Å²) in [5, 5.41) is 2.97. The van der Waals surface area contributed by atoms with Gasteiger partial charge in [-0.1, -0.05) is 54.6 Å². The normalized spacial score (nSPS) is 17.7. The summed E-state index contributed by atoms with van der Waals surface area (Å²) in [7, 11) is 1.78. The first-order valence-corrected chi connectivity index (χ1v) is 10.1. The van der Waals surface area contributed by atoms with E-state index in [1.165, 1.54) is 0 Å². The van der Waals surface area contributed by atoms with Crippen LogP contribution in [0, 0.1) is 6.92 Å². The maximum absolute atomic E-state index is 13.5. The predicted octanol–water partition coefficient (Wildman–Crippen LogP) is 3.55. The van der Waals surface area contributed by atoms with Gasteiger partial charge in [0.25, 0.3) is 0 Å². The summed E-state index contributed by atoms with van der Waals surface area (Å²) in [5.41, 5.74) is 3.74. The fraction of sp³-hybridized carbons (Fsp3) is 0.240. The number of para-hydroxylation sites is 1. The van der Waals surface area contributed by atoms with Crippen LogP contribution in [0.1, 0.15) is 28.8 Å². The van der Waals surface area contributed by atoms with Crippen molar-refractivity contribution in [1.82, 2.24) is 10.3 Å².